The molecule has 1 aromatic rings. The van der Waals surface area contributed by atoms with Crippen LogP contribution in [0.4, 0.5) is 0 Å². The van der Waals surface area contributed by atoms with Gasteiger partial charge >= 0.3 is 0 Å². The van der Waals surface area contributed by atoms with Crippen molar-refractivity contribution in [3.8, 4) is 5.75 Å². The lowest BCUT2D eigenvalue weighted by atomic mass is 10.2. The number of benzene rings is 1. The standard InChI is InChI=1S/C16H21NO3/c1-19-14-6-4-13(5-7-14)16(18)17-9-8-15(10-17)20-11-12-2-3-12/h4-7,12,15H,2-3,8-11H2,1H3. The summed E-state index contributed by atoms with van der Waals surface area (Å²) in [7, 11) is 1.62. The lowest BCUT2D eigenvalue weighted by Crippen LogP contribution is -2.30. The van der Waals surface area contributed by atoms with Crippen molar-refractivity contribution in [3.63, 3.8) is 0 Å². The van der Waals surface area contributed by atoms with E-state index < -0.39 is 0 Å². The number of rotatable bonds is 5. The van der Waals surface area contributed by atoms with Crippen LogP contribution in [0, 0.1) is 5.92 Å². The molecule has 1 aromatic carbocycles. The van der Waals surface area contributed by atoms with Gasteiger partial charge in [0.1, 0.15) is 5.75 Å². The molecule has 20 heavy (non-hydrogen) atoms. The average Bonchev–Trinajstić information content (AvgIpc) is 3.21. The van der Waals surface area contributed by atoms with Crippen LogP contribution < -0.4 is 4.74 Å². The first-order valence-corrected chi connectivity index (χ1v) is 7.31. The highest BCUT2D eigenvalue weighted by Gasteiger charge is 2.29. The molecule has 1 atom stereocenters. The molecular formula is C16H21NO3. The fourth-order valence-corrected chi connectivity index (χ4v) is 2.52. The molecule has 3 rings (SSSR count). The van der Waals surface area contributed by atoms with Gasteiger partial charge in [-0.25, -0.2) is 0 Å². The molecule has 4 heteroatoms. The van der Waals surface area contributed by atoms with Crippen LogP contribution in [0.2, 0.25) is 0 Å². The zero-order valence-electron chi connectivity index (χ0n) is 11.9. The van der Waals surface area contributed by atoms with Gasteiger partial charge in [-0.05, 0) is 49.4 Å². The van der Waals surface area contributed by atoms with Gasteiger partial charge in [0.2, 0.25) is 0 Å². The Bertz CT molecular complexity index is 467. The van der Waals surface area contributed by atoms with E-state index in [0.29, 0.717) is 5.56 Å². The predicted octanol–water partition coefficient (Wildman–Crippen LogP) is 2.34. The van der Waals surface area contributed by atoms with E-state index >= 15 is 0 Å². The smallest absolute Gasteiger partial charge is 0.253 e. The second kappa shape index (κ2) is 5.83. The maximum atomic E-state index is 12.4. The molecule has 1 heterocycles. The van der Waals surface area contributed by atoms with E-state index in [1.54, 1.807) is 7.11 Å². The predicted molar refractivity (Wildman–Crippen MR) is 76.0 cm³/mol. The van der Waals surface area contributed by atoms with Crippen LogP contribution in [-0.2, 0) is 4.74 Å². The van der Waals surface area contributed by atoms with Crippen molar-refractivity contribution >= 4 is 5.91 Å². The van der Waals surface area contributed by atoms with Crippen LogP contribution in [0.15, 0.2) is 24.3 Å². The number of hydrogen-bond acceptors (Lipinski definition) is 3. The molecule has 2 aliphatic rings. The minimum absolute atomic E-state index is 0.0881. The summed E-state index contributed by atoms with van der Waals surface area (Å²) in [5.74, 6) is 1.64. The molecule has 108 valence electrons. The van der Waals surface area contributed by atoms with E-state index in [1.807, 2.05) is 29.2 Å². The van der Waals surface area contributed by atoms with Crippen molar-refractivity contribution < 1.29 is 14.3 Å². The fraction of sp³-hybridized carbons (Fsp3) is 0.562. The number of hydrogen-bond donors (Lipinski definition) is 0. The molecule has 0 radical (unpaired) electrons. The minimum atomic E-state index is 0.0881. The highest BCUT2D eigenvalue weighted by atomic mass is 16.5. The molecular weight excluding hydrogens is 254 g/mol. The normalized spacial score (nSPS) is 22.1. The third kappa shape index (κ3) is 3.12. The molecule has 1 aliphatic carbocycles. The first kappa shape index (κ1) is 13.4. The second-order valence-corrected chi connectivity index (χ2v) is 5.67. The molecule has 4 nitrogen and oxygen atoms in total. The Kier molecular flexibility index (Phi) is 3.92. The topological polar surface area (TPSA) is 38.8 Å². The molecule has 0 bridgehead atoms. The second-order valence-electron chi connectivity index (χ2n) is 5.67. The van der Waals surface area contributed by atoms with Crippen molar-refractivity contribution in [2.45, 2.75) is 25.4 Å². The van der Waals surface area contributed by atoms with Gasteiger partial charge in [0.25, 0.3) is 5.91 Å². The van der Waals surface area contributed by atoms with Crippen molar-refractivity contribution in [2.24, 2.45) is 5.92 Å². The van der Waals surface area contributed by atoms with Crippen LogP contribution in [-0.4, -0.2) is 43.7 Å². The van der Waals surface area contributed by atoms with Crippen LogP contribution >= 0.6 is 0 Å². The SMILES string of the molecule is COc1ccc(C(=O)N2CCC(OCC3CC3)C2)cc1. The van der Waals surface area contributed by atoms with Crippen LogP contribution in [0.1, 0.15) is 29.6 Å². The van der Waals surface area contributed by atoms with Gasteiger partial charge < -0.3 is 14.4 Å². The molecule has 2 fully saturated rings. The third-order valence-corrected chi connectivity index (χ3v) is 4.03. The Labute approximate surface area is 119 Å². The Balaban J connectivity index is 1.54. The molecule has 1 aliphatic heterocycles. The van der Waals surface area contributed by atoms with Crippen LogP contribution in [0.5, 0.6) is 5.75 Å². The van der Waals surface area contributed by atoms with Gasteiger partial charge in [-0.2, -0.15) is 0 Å². The number of methoxy groups -OCH3 is 1. The molecule has 1 unspecified atom stereocenters. The van der Waals surface area contributed by atoms with E-state index in [2.05, 4.69) is 0 Å². The number of carbonyl (C=O) groups is 1. The summed E-state index contributed by atoms with van der Waals surface area (Å²) in [5, 5.41) is 0. The number of likely N-dealkylation sites (tertiary alicyclic amines) is 1. The average molecular weight is 275 g/mol. The lowest BCUT2D eigenvalue weighted by molar-refractivity contribution is 0.0480. The van der Waals surface area contributed by atoms with Gasteiger partial charge in [-0.3, -0.25) is 4.79 Å². The molecule has 1 saturated carbocycles. The van der Waals surface area contributed by atoms with Gasteiger partial charge in [0.15, 0.2) is 0 Å². The van der Waals surface area contributed by atoms with Gasteiger partial charge in [-0.1, -0.05) is 0 Å². The quantitative estimate of drug-likeness (QED) is 0.828. The summed E-state index contributed by atoms with van der Waals surface area (Å²) in [6.07, 6.45) is 3.79. The van der Waals surface area contributed by atoms with E-state index in [9.17, 15) is 4.79 Å². The van der Waals surface area contributed by atoms with Gasteiger partial charge in [0.05, 0.1) is 13.2 Å². The Morgan fingerprint density at radius 2 is 2.00 bits per heavy atom. The summed E-state index contributed by atoms with van der Waals surface area (Å²) in [4.78, 5) is 14.3. The summed E-state index contributed by atoms with van der Waals surface area (Å²) < 4.78 is 11.0. The van der Waals surface area contributed by atoms with Gasteiger partial charge in [-0.15, -0.1) is 0 Å². The number of amides is 1. The first-order valence-electron chi connectivity index (χ1n) is 7.31. The van der Waals surface area contributed by atoms with Crippen LogP contribution in [0.25, 0.3) is 0 Å². The Morgan fingerprint density at radius 3 is 2.65 bits per heavy atom. The molecule has 0 N–H and O–H groups in total. The summed E-state index contributed by atoms with van der Waals surface area (Å²) in [6, 6.07) is 7.29. The highest BCUT2D eigenvalue weighted by molar-refractivity contribution is 5.94. The van der Waals surface area contributed by atoms with Crippen molar-refractivity contribution in [3.05, 3.63) is 29.8 Å². The van der Waals surface area contributed by atoms with E-state index in [0.717, 1.165) is 37.8 Å². The van der Waals surface area contributed by atoms with Crippen LogP contribution in [0.3, 0.4) is 0 Å². The zero-order valence-corrected chi connectivity index (χ0v) is 11.9. The largest absolute Gasteiger partial charge is 0.497 e. The maximum Gasteiger partial charge on any atom is 0.253 e. The minimum Gasteiger partial charge on any atom is -0.497 e. The van der Waals surface area contributed by atoms with Crippen molar-refractivity contribution in [1.82, 2.24) is 4.90 Å². The van der Waals surface area contributed by atoms with Crippen molar-refractivity contribution in [1.29, 1.82) is 0 Å². The van der Waals surface area contributed by atoms with E-state index in [4.69, 9.17) is 9.47 Å². The number of carbonyl (C=O) groups excluding carboxylic acids is 1. The Morgan fingerprint density at radius 1 is 1.25 bits per heavy atom. The highest BCUT2D eigenvalue weighted by Crippen LogP contribution is 2.30. The maximum absolute atomic E-state index is 12.4. The third-order valence-electron chi connectivity index (χ3n) is 4.03. The Hall–Kier alpha value is -1.55. The van der Waals surface area contributed by atoms with E-state index in [1.165, 1.54) is 12.8 Å². The molecule has 0 aromatic heterocycles. The van der Waals surface area contributed by atoms with E-state index in [-0.39, 0.29) is 12.0 Å². The first-order chi connectivity index (χ1) is 9.76. The zero-order chi connectivity index (χ0) is 13.9. The molecule has 0 spiro atoms. The fourth-order valence-electron chi connectivity index (χ4n) is 2.52. The van der Waals surface area contributed by atoms with Gasteiger partial charge in [0, 0.05) is 25.3 Å². The molecule has 1 amide bonds. The summed E-state index contributed by atoms with van der Waals surface area (Å²) >= 11 is 0. The monoisotopic (exact) mass is 275 g/mol. The lowest BCUT2D eigenvalue weighted by Gasteiger charge is -2.17. The van der Waals surface area contributed by atoms with Crippen molar-refractivity contribution in [2.75, 3.05) is 26.8 Å². The summed E-state index contributed by atoms with van der Waals surface area (Å²) in [6.45, 7) is 2.38. The number of nitrogens with zero attached hydrogens (tertiary/aromatic N) is 1. The number of ether oxygens (including phenoxy) is 2. The molecule has 1 saturated heterocycles. The summed E-state index contributed by atoms with van der Waals surface area (Å²) in [5.41, 5.74) is 0.716.